The molecule has 0 spiro atoms. The minimum Gasteiger partial charge on any atom is -0.493 e. The van der Waals surface area contributed by atoms with Crippen LogP contribution < -0.4 is 24.4 Å². The topological polar surface area (TPSA) is 77.1 Å². The molecule has 7 nitrogen and oxygen atoms in total. The van der Waals surface area contributed by atoms with E-state index in [4.69, 9.17) is 14.2 Å². The molecular formula is C22H26N2O5. The van der Waals surface area contributed by atoms with E-state index in [1.54, 1.807) is 26.2 Å². The summed E-state index contributed by atoms with van der Waals surface area (Å²) in [5.41, 5.74) is 2.76. The van der Waals surface area contributed by atoms with Crippen LogP contribution in [-0.2, 0) is 22.4 Å². The molecule has 2 aromatic carbocycles. The van der Waals surface area contributed by atoms with Gasteiger partial charge in [0.1, 0.15) is 6.04 Å². The lowest BCUT2D eigenvalue weighted by atomic mass is 10.1. The number of amides is 2. The Labute approximate surface area is 170 Å². The van der Waals surface area contributed by atoms with Crippen LogP contribution >= 0.6 is 0 Å². The van der Waals surface area contributed by atoms with Crippen molar-refractivity contribution < 1.29 is 23.8 Å². The molecule has 0 saturated carbocycles. The third kappa shape index (κ3) is 4.13. The molecule has 29 heavy (non-hydrogen) atoms. The predicted octanol–water partition coefficient (Wildman–Crippen LogP) is 2.35. The predicted molar refractivity (Wildman–Crippen MR) is 110 cm³/mol. The van der Waals surface area contributed by atoms with Gasteiger partial charge in [0, 0.05) is 25.6 Å². The molecule has 0 radical (unpaired) electrons. The Morgan fingerprint density at radius 3 is 2.31 bits per heavy atom. The van der Waals surface area contributed by atoms with E-state index in [0.29, 0.717) is 36.6 Å². The van der Waals surface area contributed by atoms with Gasteiger partial charge in [-0.1, -0.05) is 18.2 Å². The summed E-state index contributed by atoms with van der Waals surface area (Å²) < 4.78 is 16.1. The first-order chi connectivity index (χ1) is 14.0. The number of nitrogens with zero attached hydrogens (tertiary/aromatic N) is 1. The maximum absolute atomic E-state index is 12.8. The van der Waals surface area contributed by atoms with Crippen molar-refractivity contribution in [3.05, 3.63) is 47.5 Å². The highest BCUT2D eigenvalue weighted by Crippen LogP contribution is 2.38. The molecule has 1 unspecified atom stereocenters. The van der Waals surface area contributed by atoms with Gasteiger partial charge in [0.2, 0.25) is 17.6 Å². The minimum atomic E-state index is -0.523. The summed E-state index contributed by atoms with van der Waals surface area (Å²) >= 11 is 0. The third-order valence-electron chi connectivity index (χ3n) is 5.06. The summed E-state index contributed by atoms with van der Waals surface area (Å²) in [6.07, 6.45) is 1.11. The summed E-state index contributed by atoms with van der Waals surface area (Å²) in [7, 11) is 4.69. The van der Waals surface area contributed by atoms with E-state index < -0.39 is 6.04 Å². The van der Waals surface area contributed by atoms with Crippen LogP contribution in [0.25, 0.3) is 0 Å². The normalized spacial score (nSPS) is 14.9. The van der Waals surface area contributed by atoms with E-state index in [-0.39, 0.29) is 11.8 Å². The number of benzene rings is 2. The van der Waals surface area contributed by atoms with Crippen LogP contribution in [0.1, 0.15) is 18.1 Å². The van der Waals surface area contributed by atoms with Gasteiger partial charge in [-0.3, -0.25) is 14.5 Å². The van der Waals surface area contributed by atoms with Gasteiger partial charge in [-0.05, 0) is 35.7 Å². The van der Waals surface area contributed by atoms with Gasteiger partial charge in [-0.25, -0.2) is 0 Å². The number of methoxy groups -OCH3 is 3. The molecule has 1 N–H and O–H groups in total. The number of carbonyl (C=O) groups excluding carboxylic acids is 2. The van der Waals surface area contributed by atoms with E-state index in [1.165, 1.54) is 6.92 Å². The fourth-order valence-electron chi connectivity index (χ4n) is 3.71. The molecule has 154 valence electrons. The second-order valence-corrected chi connectivity index (χ2v) is 6.81. The van der Waals surface area contributed by atoms with Crippen LogP contribution in [0.5, 0.6) is 17.2 Å². The van der Waals surface area contributed by atoms with Crippen molar-refractivity contribution in [2.45, 2.75) is 25.8 Å². The Morgan fingerprint density at radius 2 is 1.72 bits per heavy atom. The smallest absolute Gasteiger partial charge is 0.243 e. The molecular weight excluding hydrogens is 372 g/mol. The zero-order valence-electron chi connectivity index (χ0n) is 17.2. The summed E-state index contributed by atoms with van der Waals surface area (Å²) in [6, 6.07) is 10.8. The van der Waals surface area contributed by atoms with Crippen molar-refractivity contribution in [3.8, 4) is 17.2 Å². The maximum atomic E-state index is 12.8. The van der Waals surface area contributed by atoms with E-state index in [9.17, 15) is 9.59 Å². The van der Waals surface area contributed by atoms with Crippen LogP contribution in [0.4, 0.5) is 5.69 Å². The first kappa shape index (κ1) is 20.5. The molecule has 3 rings (SSSR count). The number of ether oxygens (including phenoxy) is 3. The van der Waals surface area contributed by atoms with Gasteiger partial charge >= 0.3 is 0 Å². The van der Waals surface area contributed by atoms with Gasteiger partial charge in [0.05, 0.1) is 21.3 Å². The highest BCUT2D eigenvalue weighted by atomic mass is 16.5. The fourth-order valence-corrected chi connectivity index (χ4v) is 3.71. The average molecular weight is 398 g/mol. The van der Waals surface area contributed by atoms with Gasteiger partial charge in [-0.15, -0.1) is 0 Å². The summed E-state index contributed by atoms with van der Waals surface area (Å²) in [5, 5.41) is 2.95. The number of fused-ring (bicyclic) bond motifs is 1. The molecule has 0 fully saturated rings. The summed E-state index contributed by atoms with van der Waals surface area (Å²) in [6.45, 7) is 1.91. The lowest BCUT2D eigenvalue weighted by Crippen LogP contribution is -2.47. The van der Waals surface area contributed by atoms with Crippen LogP contribution in [0.15, 0.2) is 36.4 Å². The Balaban J connectivity index is 1.67. The highest BCUT2D eigenvalue weighted by molar-refractivity contribution is 6.02. The van der Waals surface area contributed by atoms with Gasteiger partial charge in [0.15, 0.2) is 11.5 Å². The molecule has 0 saturated heterocycles. The van der Waals surface area contributed by atoms with Gasteiger partial charge in [-0.2, -0.15) is 0 Å². The molecule has 7 heteroatoms. The maximum Gasteiger partial charge on any atom is 0.243 e. The number of para-hydroxylation sites is 1. The number of carbonyl (C=O) groups is 2. The van der Waals surface area contributed by atoms with E-state index in [1.807, 2.05) is 36.4 Å². The van der Waals surface area contributed by atoms with Crippen molar-refractivity contribution >= 4 is 17.5 Å². The minimum absolute atomic E-state index is 0.139. The first-order valence-electron chi connectivity index (χ1n) is 9.44. The lowest BCUT2D eigenvalue weighted by molar-refractivity contribution is -0.125. The SMILES string of the molecule is COc1cc(CCNC(=O)C2Cc3ccccc3N2C(C)=O)cc(OC)c1OC. The van der Waals surface area contributed by atoms with Crippen molar-refractivity contribution in [1.82, 2.24) is 5.32 Å². The van der Waals surface area contributed by atoms with Crippen molar-refractivity contribution in [3.63, 3.8) is 0 Å². The molecule has 2 amide bonds. The molecule has 0 aromatic heterocycles. The third-order valence-corrected chi connectivity index (χ3v) is 5.06. The van der Waals surface area contributed by atoms with Crippen molar-refractivity contribution in [2.24, 2.45) is 0 Å². The lowest BCUT2D eigenvalue weighted by Gasteiger charge is -2.23. The number of hydrogen-bond acceptors (Lipinski definition) is 5. The van der Waals surface area contributed by atoms with Crippen LogP contribution in [0, 0.1) is 0 Å². The molecule has 1 aliphatic rings. The Kier molecular flexibility index (Phi) is 6.26. The zero-order valence-corrected chi connectivity index (χ0v) is 17.2. The number of anilines is 1. The standard InChI is InChI=1S/C22H26N2O5/c1-14(25)24-17-8-6-5-7-16(17)13-18(24)22(26)23-10-9-15-11-19(27-2)21(29-4)20(12-15)28-3/h5-8,11-12,18H,9-10,13H2,1-4H3,(H,23,26). The molecule has 1 aliphatic heterocycles. The highest BCUT2D eigenvalue weighted by Gasteiger charge is 2.36. The van der Waals surface area contributed by atoms with E-state index in [2.05, 4.69) is 5.32 Å². The second kappa shape index (κ2) is 8.86. The quantitative estimate of drug-likeness (QED) is 0.775. The molecule has 1 heterocycles. The zero-order chi connectivity index (χ0) is 21.0. The van der Waals surface area contributed by atoms with Gasteiger partial charge in [0.25, 0.3) is 0 Å². The first-order valence-corrected chi connectivity index (χ1v) is 9.44. The van der Waals surface area contributed by atoms with Crippen LogP contribution in [-0.4, -0.2) is 45.7 Å². The molecule has 2 aromatic rings. The Bertz CT molecular complexity index is 887. The number of nitrogens with one attached hydrogen (secondary N) is 1. The number of hydrogen-bond donors (Lipinski definition) is 1. The second-order valence-electron chi connectivity index (χ2n) is 6.81. The van der Waals surface area contributed by atoms with Crippen molar-refractivity contribution in [1.29, 1.82) is 0 Å². The van der Waals surface area contributed by atoms with E-state index >= 15 is 0 Å². The average Bonchev–Trinajstić information content (AvgIpc) is 3.12. The number of rotatable bonds is 7. The van der Waals surface area contributed by atoms with Crippen LogP contribution in [0.2, 0.25) is 0 Å². The molecule has 0 aliphatic carbocycles. The van der Waals surface area contributed by atoms with Crippen LogP contribution in [0.3, 0.4) is 0 Å². The van der Waals surface area contributed by atoms with E-state index in [0.717, 1.165) is 16.8 Å². The molecule has 1 atom stereocenters. The Morgan fingerprint density at radius 1 is 1.07 bits per heavy atom. The van der Waals surface area contributed by atoms with Crippen molar-refractivity contribution in [2.75, 3.05) is 32.8 Å². The Hall–Kier alpha value is -3.22. The fraction of sp³-hybridized carbons (Fsp3) is 0.364. The van der Waals surface area contributed by atoms with Gasteiger partial charge < -0.3 is 19.5 Å². The largest absolute Gasteiger partial charge is 0.493 e. The summed E-state index contributed by atoms with van der Waals surface area (Å²) in [4.78, 5) is 26.5. The monoisotopic (exact) mass is 398 g/mol. The molecule has 0 bridgehead atoms. The summed E-state index contributed by atoms with van der Waals surface area (Å²) in [5.74, 6) is 1.37.